The summed E-state index contributed by atoms with van der Waals surface area (Å²) in [5.41, 5.74) is 4.17. The van der Waals surface area contributed by atoms with Crippen LogP contribution in [0.15, 0.2) is 29.5 Å². The number of carbonyl (C=O) groups excluding carboxylic acids is 3. The molecule has 0 spiro atoms. The van der Waals surface area contributed by atoms with E-state index in [9.17, 15) is 14.4 Å². The van der Waals surface area contributed by atoms with Gasteiger partial charge < -0.3 is 20.7 Å². The first-order chi connectivity index (χ1) is 15.8. The zero-order valence-corrected chi connectivity index (χ0v) is 20.0. The first-order valence-corrected chi connectivity index (χ1v) is 11.6. The molecule has 1 aromatic carbocycles. The van der Waals surface area contributed by atoms with Gasteiger partial charge in [-0.2, -0.15) is 0 Å². The minimum absolute atomic E-state index is 0.0270. The summed E-state index contributed by atoms with van der Waals surface area (Å²) >= 11 is 0. The quantitative estimate of drug-likeness (QED) is 0.514. The number of rotatable bonds is 8. The molecule has 9 heteroatoms. The zero-order chi connectivity index (χ0) is 24.0. The molecule has 2 aliphatic heterocycles. The second-order valence-corrected chi connectivity index (χ2v) is 8.52. The summed E-state index contributed by atoms with van der Waals surface area (Å²) in [5, 5.41) is 8.62. The summed E-state index contributed by atoms with van der Waals surface area (Å²) in [7, 11) is 0. The van der Waals surface area contributed by atoms with Gasteiger partial charge in [-0.15, -0.1) is 0 Å². The predicted molar refractivity (Wildman–Crippen MR) is 127 cm³/mol. The third-order valence-corrected chi connectivity index (χ3v) is 6.24. The average molecular weight is 458 g/mol. The van der Waals surface area contributed by atoms with Crippen LogP contribution in [0.3, 0.4) is 0 Å². The Labute approximate surface area is 195 Å². The normalized spacial score (nSPS) is 19.6. The molecule has 0 aromatic heterocycles. The van der Waals surface area contributed by atoms with E-state index in [1.807, 2.05) is 39.0 Å². The first kappa shape index (κ1) is 24.7. The molecular formula is C24H35N5O4. The van der Waals surface area contributed by atoms with E-state index in [-0.39, 0.29) is 24.6 Å². The molecule has 1 unspecified atom stereocenters. The van der Waals surface area contributed by atoms with Crippen molar-refractivity contribution in [2.24, 2.45) is 0 Å². The lowest BCUT2D eigenvalue weighted by molar-refractivity contribution is -0.139. The van der Waals surface area contributed by atoms with Gasteiger partial charge in [0, 0.05) is 44.1 Å². The first-order valence-electron chi connectivity index (χ1n) is 11.6. The maximum absolute atomic E-state index is 12.6. The number of urea groups is 1. The fourth-order valence-corrected chi connectivity index (χ4v) is 4.19. The van der Waals surface area contributed by atoms with E-state index in [1.54, 1.807) is 6.92 Å². The fourth-order valence-electron chi connectivity index (χ4n) is 4.19. The van der Waals surface area contributed by atoms with Crippen molar-refractivity contribution in [2.75, 3.05) is 51.2 Å². The molecule has 0 bridgehead atoms. The Bertz CT molecular complexity index is 921. The molecule has 1 fully saturated rings. The van der Waals surface area contributed by atoms with E-state index in [0.717, 1.165) is 43.0 Å². The highest BCUT2D eigenvalue weighted by molar-refractivity contribution is 5.95. The number of esters is 1. The SMILES string of the molecule is CCOC(=O)C1=C(CN2CCN(CC(=O)Nc3cccc(C)c3C)CC2)NC(=O)NC1CC. The summed E-state index contributed by atoms with van der Waals surface area (Å²) in [6, 6.07) is 5.23. The van der Waals surface area contributed by atoms with Gasteiger partial charge in [-0.1, -0.05) is 19.1 Å². The highest BCUT2D eigenvalue weighted by Crippen LogP contribution is 2.20. The van der Waals surface area contributed by atoms with Gasteiger partial charge >= 0.3 is 12.0 Å². The number of hydrogen-bond donors (Lipinski definition) is 3. The van der Waals surface area contributed by atoms with Gasteiger partial charge in [-0.05, 0) is 44.4 Å². The Balaban J connectivity index is 1.57. The number of nitrogens with zero attached hydrogens (tertiary/aromatic N) is 2. The molecule has 1 aromatic rings. The molecule has 33 heavy (non-hydrogen) atoms. The lowest BCUT2D eigenvalue weighted by Gasteiger charge is -2.36. The number of nitrogens with one attached hydrogen (secondary N) is 3. The number of aryl methyl sites for hydroxylation is 1. The van der Waals surface area contributed by atoms with E-state index < -0.39 is 5.97 Å². The van der Waals surface area contributed by atoms with E-state index in [1.165, 1.54) is 0 Å². The van der Waals surface area contributed by atoms with Crippen LogP contribution >= 0.6 is 0 Å². The number of ether oxygens (including phenoxy) is 1. The van der Waals surface area contributed by atoms with Crippen LogP contribution in [0, 0.1) is 13.8 Å². The molecule has 180 valence electrons. The van der Waals surface area contributed by atoms with E-state index >= 15 is 0 Å². The van der Waals surface area contributed by atoms with Gasteiger partial charge in [-0.3, -0.25) is 14.6 Å². The Morgan fingerprint density at radius 2 is 1.82 bits per heavy atom. The van der Waals surface area contributed by atoms with Crippen molar-refractivity contribution in [3.63, 3.8) is 0 Å². The summed E-state index contributed by atoms with van der Waals surface area (Å²) in [5.74, 6) is -0.422. The van der Waals surface area contributed by atoms with Crippen LogP contribution < -0.4 is 16.0 Å². The van der Waals surface area contributed by atoms with Gasteiger partial charge in [0.15, 0.2) is 0 Å². The summed E-state index contributed by atoms with van der Waals surface area (Å²) in [4.78, 5) is 41.5. The van der Waals surface area contributed by atoms with Gasteiger partial charge in [0.2, 0.25) is 5.91 Å². The largest absolute Gasteiger partial charge is 0.463 e. The topological polar surface area (TPSA) is 103 Å². The van der Waals surface area contributed by atoms with Crippen LogP contribution in [-0.2, 0) is 14.3 Å². The second kappa shape index (κ2) is 11.3. The molecule has 3 amide bonds. The van der Waals surface area contributed by atoms with Crippen molar-refractivity contribution in [3.8, 4) is 0 Å². The van der Waals surface area contributed by atoms with E-state index in [4.69, 9.17) is 4.74 Å². The molecule has 2 aliphatic rings. The number of benzene rings is 1. The Hall–Kier alpha value is -2.91. The number of carbonyl (C=O) groups is 3. The number of hydrogen-bond acceptors (Lipinski definition) is 6. The van der Waals surface area contributed by atoms with Crippen molar-refractivity contribution < 1.29 is 19.1 Å². The van der Waals surface area contributed by atoms with Crippen molar-refractivity contribution in [2.45, 2.75) is 40.2 Å². The summed E-state index contributed by atoms with van der Waals surface area (Å²) in [6.07, 6.45) is 0.606. The average Bonchev–Trinajstić information content (AvgIpc) is 2.78. The van der Waals surface area contributed by atoms with Crippen LogP contribution in [0.1, 0.15) is 31.4 Å². The molecule has 1 atom stereocenters. The molecule has 0 radical (unpaired) electrons. The lowest BCUT2D eigenvalue weighted by atomic mass is 10.00. The molecule has 3 rings (SSSR count). The maximum Gasteiger partial charge on any atom is 0.337 e. The van der Waals surface area contributed by atoms with Crippen LogP contribution in [0.5, 0.6) is 0 Å². The summed E-state index contributed by atoms with van der Waals surface area (Å²) in [6.45, 7) is 11.7. The minimum Gasteiger partial charge on any atom is -0.463 e. The smallest absolute Gasteiger partial charge is 0.337 e. The van der Waals surface area contributed by atoms with Crippen LogP contribution in [0.2, 0.25) is 0 Å². The third kappa shape index (κ3) is 6.33. The number of anilines is 1. The second-order valence-electron chi connectivity index (χ2n) is 8.52. The molecule has 9 nitrogen and oxygen atoms in total. The van der Waals surface area contributed by atoms with E-state index in [0.29, 0.717) is 30.8 Å². The van der Waals surface area contributed by atoms with Crippen molar-refractivity contribution in [1.29, 1.82) is 0 Å². The van der Waals surface area contributed by atoms with Gasteiger partial charge in [0.25, 0.3) is 0 Å². The lowest BCUT2D eigenvalue weighted by Crippen LogP contribution is -2.54. The van der Waals surface area contributed by atoms with E-state index in [2.05, 4.69) is 25.8 Å². The summed E-state index contributed by atoms with van der Waals surface area (Å²) < 4.78 is 5.23. The van der Waals surface area contributed by atoms with Crippen LogP contribution in [0.25, 0.3) is 0 Å². The predicted octanol–water partition coefficient (Wildman–Crippen LogP) is 1.77. The highest BCUT2D eigenvalue weighted by Gasteiger charge is 2.32. The fraction of sp³-hybridized carbons (Fsp3) is 0.542. The van der Waals surface area contributed by atoms with Crippen molar-refractivity contribution in [1.82, 2.24) is 20.4 Å². The molecule has 2 heterocycles. The monoisotopic (exact) mass is 457 g/mol. The van der Waals surface area contributed by atoms with Gasteiger partial charge in [0.1, 0.15) is 0 Å². The molecule has 3 N–H and O–H groups in total. The van der Waals surface area contributed by atoms with Crippen LogP contribution in [-0.4, -0.2) is 79.6 Å². The van der Waals surface area contributed by atoms with Crippen LogP contribution in [0.4, 0.5) is 10.5 Å². The van der Waals surface area contributed by atoms with Gasteiger partial charge in [0.05, 0.1) is 24.8 Å². The van der Waals surface area contributed by atoms with Crippen molar-refractivity contribution >= 4 is 23.6 Å². The Morgan fingerprint density at radius 3 is 2.48 bits per heavy atom. The standard InChI is InChI=1S/C24H35N5O4/c1-5-18-22(23(31)33-6-2)20(27-24(32)26-18)14-28-10-12-29(13-11-28)15-21(30)25-19-9-7-8-16(3)17(19)4/h7-9,18H,5-6,10-15H2,1-4H3,(H,25,30)(H2,26,27,32). The Morgan fingerprint density at radius 1 is 1.12 bits per heavy atom. The molecule has 0 aliphatic carbocycles. The van der Waals surface area contributed by atoms with Gasteiger partial charge in [-0.25, -0.2) is 9.59 Å². The maximum atomic E-state index is 12.6. The highest BCUT2D eigenvalue weighted by atomic mass is 16.5. The third-order valence-electron chi connectivity index (χ3n) is 6.24. The van der Waals surface area contributed by atoms with Crippen molar-refractivity contribution in [3.05, 3.63) is 40.6 Å². The zero-order valence-electron chi connectivity index (χ0n) is 20.0. The molecular weight excluding hydrogens is 422 g/mol. The minimum atomic E-state index is -0.395. The Kier molecular flexibility index (Phi) is 8.46. The number of amides is 3. The molecule has 0 saturated carbocycles. The molecule has 1 saturated heterocycles. The number of piperazine rings is 1.